The lowest BCUT2D eigenvalue weighted by atomic mass is 9.79. The quantitative estimate of drug-likeness (QED) is 0.199. The van der Waals surface area contributed by atoms with Crippen molar-refractivity contribution in [3.8, 4) is 0 Å². The first-order valence-corrected chi connectivity index (χ1v) is 29.9. The number of fused-ring (bicyclic) bond motifs is 8. The zero-order valence-electron chi connectivity index (χ0n) is 47.3. The average molecular weight is 1020 g/mol. The van der Waals surface area contributed by atoms with Crippen LogP contribution in [0.1, 0.15) is 142 Å². The highest BCUT2D eigenvalue weighted by Crippen LogP contribution is 2.38. The van der Waals surface area contributed by atoms with Crippen molar-refractivity contribution in [2.75, 3.05) is 62.3 Å². The first kappa shape index (κ1) is 53.2. The molecule has 8 unspecified atom stereocenters. The van der Waals surface area contributed by atoms with Crippen LogP contribution in [0.2, 0.25) is 0 Å². The highest BCUT2D eigenvalue weighted by molar-refractivity contribution is 5.46. The number of hydrogen-bond acceptors (Lipinski definition) is 9. The molecule has 0 radical (unpaired) electrons. The molecule has 4 N–H and O–H groups in total. The Kier molecular flexibility index (Phi) is 16.3. The van der Waals surface area contributed by atoms with Gasteiger partial charge in [-0.3, -0.25) is 14.7 Å². The summed E-state index contributed by atoms with van der Waals surface area (Å²) in [7, 11) is 13.6. The van der Waals surface area contributed by atoms with Crippen LogP contribution in [-0.4, -0.2) is 147 Å². The SMILES string of the molecule is C=O.CN(C)C1CCc2cc3c(cc2C1)CCC(N1CN(C2CCc4cc5c(cc4C2)CCC(N(C)C)C5)CN(C2CCc4cc5c(cc4C2)CCC(N(C)C)C5)C1)C3.NC1CCc2cc3c(cc2C1)CCC(N)C3.[2HH]. The Bertz CT molecular complexity index is 2410. The van der Waals surface area contributed by atoms with Crippen LogP contribution < -0.4 is 11.5 Å². The number of hydrogen-bond donors (Lipinski definition) is 2. The first-order chi connectivity index (χ1) is 36.3. The molecule has 9 aliphatic rings. The van der Waals surface area contributed by atoms with E-state index in [1.54, 1.807) is 66.8 Å². The Labute approximate surface area is 454 Å². The lowest BCUT2D eigenvalue weighted by Crippen LogP contribution is -2.63. The van der Waals surface area contributed by atoms with E-state index in [1.807, 2.05) is 6.79 Å². The summed E-state index contributed by atoms with van der Waals surface area (Å²) in [6.07, 6.45) is 29.3. The van der Waals surface area contributed by atoms with E-state index in [1.165, 1.54) is 138 Å². The van der Waals surface area contributed by atoms with Crippen molar-refractivity contribution < 1.29 is 6.22 Å². The molecule has 4 aromatic carbocycles. The smallest absolute Gasteiger partial charge is 0.106 e. The molecule has 0 amide bonds. The van der Waals surface area contributed by atoms with E-state index in [2.05, 4.69) is 120 Å². The molecule has 1 aliphatic heterocycles. The standard InChI is InChI=1S/C51H72N6.C14H20N2.CH2O.H2/c1-52(2)46-13-7-34-22-43-28-49(16-10-37(43)19-40(34)25-46)55-31-56(50-17-11-38-20-41-26-47(53(3)4)14-8-35(41)23-44(38)29-50)33-57(32-55)51-18-12-39-21-42-27-48(54(5)6)15-9-36(42)24-45(39)30-51;15-13-3-1-9-5-12-8-14(16)4-2-10(12)6-11(9)7-13;1-2;/h19-24,46-51H,7-18,25-33H2,1-6H3;5-6,13-14H,1-4,7-8,15-16H2;1H2;1H/i;;;1+1. The van der Waals surface area contributed by atoms with Crippen molar-refractivity contribution in [2.45, 2.75) is 202 Å². The van der Waals surface area contributed by atoms with Gasteiger partial charge in [-0.05, 0) is 285 Å². The predicted molar refractivity (Wildman–Crippen MR) is 311 cm³/mol. The van der Waals surface area contributed by atoms with Crippen LogP contribution in [0.25, 0.3) is 0 Å². The second-order valence-corrected chi connectivity index (χ2v) is 26.0. The minimum absolute atomic E-state index is 0. The van der Waals surface area contributed by atoms with Gasteiger partial charge in [0.1, 0.15) is 6.79 Å². The van der Waals surface area contributed by atoms with Crippen molar-refractivity contribution in [1.82, 2.24) is 29.4 Å². The molecule has 1 heterocycles. The van der Waals surface area contributed by atoms with Crippen molar-refractivity contribution in [3.05, 3.63) is 138 Å². The lowest BCUT2D eigenvalue weighted by Gasteiger charge is -2.52. The zero-order valence-corrected chi connectivity index (χ0v) is 47.3. The summed E-state index contributed by atoms with van der Waals surface area (Å²) >= 11 is 0. The summed E-state index contributed by atoms with van der Waals surface area (Å²) in [5.41, 5.74) is 37.9. The van der Waals surface area contributed by atoms with E-state index >= 15 is 0 Å². The normalized spacial score (nSPS) is 28.5. The van der Waals surface area contributed by atoms with E-state index in [0.717, 1.165) is 58.5 Å². The fourth-order valence-electron chi connectivity index (χ4n) is 15.9. The molecule has 8 atom stereocenters. The Hall–Kier alpha value is -3.77. The summed E-state index contributed by atoms with van der Waals surface area (Å²) < 4.78 is 0. The first-order valence-electron chi connectivity index (χ1n) is 29.9. The number of benzene rings is 4. The summed E-state index contributed by atoms with van der Waals surface area (Å²) in [5, 5.41) is 0. The number of nitrogens with two attached hydrogens (primary N) is 2. The molecular formula is C66H96N8O. The number of carbonyl (C=O) groups is 1. The van der Waals surface area contributed by atoms with E-state index < -0.39 is 0 Å². The largest absolute Gasteiger partial charge is 0.327 e. The van der Waals surface area contributed by atoms with Crippen LogP contribution in [-0.2, 0) is 108 Å². The van der Waals surface area contributed by atoms with Crippen LogP contribution in [0.3, 0.4) is 0 Å². The topological polar surface area (TPSA) is 88.6 Å². The van der Waals surface area contributed by atoms with Gasteiger partial charge in [-0.1, -0.05) is 48.5 Å². The third-order valence-electron chi connectivity index (χ3n) is 20.7. The molecule has 406 valence electrons. The van der Waals surface area contributed by atoms with Gasteiger partial charge in [0.2, 0.25) is 0 Å². The minimum Gasteiger partial charge on any atom is -0.327 e. The van der Waals surface area contributed by atoms with Gasteiger partial charge in [0.25, 0.3) is 0 Å². The van der Waals surface area contributed by atoms with Crippen molar-refractivity contribution in [1.29, 1.82) is 0 Å². The van der Waals surface area contributed by atoms with Crippen molar-refractivity contribution in [3.63, 3.8) is 0 Å². The summed E-state index contributed by atoms with van der Waals surface area (Å²) in [5.74, 6) is 0. The van der Waals surface area contributed by atoms with E-state index in [9.17, 15) is 0 Å². The monoisotopic (exact) mass is 1020 g/mol. The molecule has 1 fully saturated rings. The summed E-state index contributed by atoms with van der Waals surface area (Å²) in [6.45, 7) is 5.39. The Morgan fingerprint density at radius 1 is 0.333 bits per heavy atom. The molecule has 9 nitrogen and oxygen atoms in total. The molecule has 9 heteroatoms. The van der Waals surface area contributed by atoms with Gasteiger partial charge in [0.15, 0.2) is 0 Å². The zero-order chi connectivity index (χ0) is 52.1. The fraction of sp³-hybridized carbons (Fsp3) is 0.621. The van der Waals surface area contributed by atoms with Crippen molar-refractivity contribution >= 4 is 6.79 Å². The fourth-order valence-corrected chi connectivity index (χ4v) is 15.9. The van der Waals surface area contributed by atoms with Gasteiger partial charge in [0.05, 0.1) is 20.0 Å². The van der Waals surface area contributed by atoms with Crippen LogP contribution >= 0.6 is 0 Å². The average Bonchev–Trinajstić information content (AvgIpc) is 3.43. The summed E-state index contributed by atoms with van der Waals surface area (Å²) in [4.78, 5) is 24.2. The molecule has 13 rings (SSSR count). The molecule has 0 aromatic heterocycles. The Morgan fingerprint density at radius 2 is 0.547 bits per heavy atom. The van der Waals surface area contributed by atoms with E-state index in [-0.39, 0.29) is 1.43 Å². The highest BCUT2D eigenvalue weighted by atomic mass is 16.1. The predicted octanol–water partition coefficient (Wildman–Crippen LogP) is 8.09. The lowest BCUT2D eigenvalue weighted by molar-refractivity contribution is -0.0980. The molecular weight excluding hydrogens is 921 g/mol. The van der Waals surface area contributed by atoms with Crippen LogP contribution in [0.4, 0.5) is 0 Å². The number of aryl methyl sites for hydroxylation is 8. The maximum absolute atomic E-state index is 8.00. The van der Waals surface area contributed by atoms with Gasteiger partial charge < -0.3 is 31.0 Å². The second kappa shape index (κ2) is 22.9. The molecule has 0 saturated carbocycles. The molecule has 75 heavy (non-hydrogen) atoms. The van der Waals surface area contributed by atoms with E-state index in [0.29, 0.717) is 48.3 Å². The van der Waals surface area contributed by atoms with Crippen LogP contribution in [0, 0.1) is 0 Å². The van der Waals surface area contributed by atoms with Gasteiger partial charge in [0, 0.05) is 49.8 Å². The maximum atomic E-state index is 8.00. The van der Waals surface area contributed by atoms with Gasteiger partial charge in [-0.25, -0.2) is 0 Å². The minimum atomic E-state index is 0. The third kappa shape index (κ3) is 11.6. The summed E-state index contributed by atoms with van der Waals surface area (Å²) in [6, 6.07) is 25.4. The molecule has 0 spiro atoms. The Morgan fingerprint density at radius 3 is 0.800 bits per heavy atom. The number of likely N-dealkylation sites (N-methyl/N-ethyl adjacent to an activating group) is 3. The van der Waals surface area contributed by atoms with Crippen molar-refractivity contribution in [2.24, 2.45) is 11.5 Å². The van der Waals surface area contributed by atoms with Gasteiger partial charge >= 0.3 is 0 Å². The van der Waals surface area contributed by atoms with Crippen LogP contribution in [0.5, 0.6) is 0 Å². The second-order valence-electron chi connectivity index (χ2n) is 26.0. The number of rotatable bonds is 6. The number of carbonyl (C=O) groups excluding carboxylic acids is 1. The Balaban J connectivity index is 0.000000293. The molecule has 8 aliphatic carbocycles. The number of nitrogens with zero attached hydrogens (tertiary/aromatic N) is 6. The molecule has 1 saturated heterocycles. The third-order valence-corrected chi connectivity index (χ3v) is 20.7. The molecule has 4 aromatic rings. The van der Waals surface area contributed by atoms with Crippen LogP contribution in [0.15, 0.2) is 48.5 Å². The highest BCUT2D eigenvalue weighted by Gasteiger charge is 2.39. The van der Waals surface area contributed by atoms with Gasteiger partial charge in [-0.2, -0.15) is 0 Å². The maximum Gasteiger partial charge on any atom is 0.106 e. The van der Waals surface area contributed by atoms with Gasteiger partial charge in [-0.15, -0.1) is 0 Å². The molecule has 0 bridgehead atoms. The van der Waals surface area contributed by atoms with E-state index in [4.69, 9.17) is 16.3 Å².